The Morgan fingerprint density at radius 1 is 1.46 bits per heavy atom. The van der Waals surface area contributed by atoms with Crippen LogP contribution in [0.5, 0.6) is 0 Å². The molecular formula is C10H16O3. The fraction of sp³-hybridized carbons (Fsp3) is 0.800. The van der Waals surface area contributed by atoms with Crippen molar-refractivity contribution in [3.63, 3.8) is 0 Å². The van der Waals surface area contributed by atoms with Crippen molar-refractivity contribution in [3.05, 3.63) is 0 Å². The van der Waals surface area contributed by atoms with Crippen LogP contribution in [0.15, 0.2) is 0 Å². The lowest BCUT2D eigenvalue weighted by atomic mass is 9.85. The zero-order valence-electron chi connectivity index (χ0n) is 8.21. The van der Waals surface area contributed by atoms with Gasteiger partial charge < -0.3 is 4.74 Å². The van der Waals surface area contributed by atoms with Crippen LogP contribution in [-0.4, -0.2) is 11.9 Å². The number of ether oxygens (including phenoxy) is 1. The van der Waals surface area contributed by atoms with Crippen molar-refractivity contribution in [2.24, 2.45) is 11.8 Å². The zero-order valence-corrected chi connectivity index (χ0v) is 8.21. The largest absolute Gasteiger partial charge is 0.393 e. The molecule has 0 unspecified atom stereocenters. The molecular weight excluding hydrogens is 168 g/mol. The minimum absolute atomic E-state index is 0.169. The number of carbonyl (C=O) groups excluding carboxylic acids is 2. The Hall–Kier alpha value is -0.860. The maximum Gasteiger partial charge on any atom is 0.317 e. The van der Waals surface area contributed by atoms with Gasteiger partial charge in [-0.2, -0.15) is 0 Å². The van der Waals surface area contributed by atoms with Crippen LogP contribution >= 0.6 is 0 Å². The van der Waals surface area contributed by atoms with Crippen LogP contribution in [0.3, 0.4) is 0 Å². The van der Waals surface area contributed by atoms with Gasteiger partial charge in [0.25, 0.3) is 0 Å². The molecule has 1 heterocycles. The smallest absolute Gasteiger partial charge is 0.317 e. The zero-order chi connectivity index (χ0) is 9.84. The van der Waals surface area contributed by atoms with E-state index in [1.54, 1.807) is 0 Å². The highest BCUT2D eigenvalue weighted by atomic mass is 16.6. The number of hydrogen-bond acceptors (Lipinski definition) is 3. The fourth-order valence-corrected chi connectivity index (χ4v) is 1.91. The van der Waals surface area contributed by atoms with Crippen molar-refractivity contribution < 1.29 is 14.3 Å². The van der Waals surface area contributed by atoms with Gasteiger partial charge in [0.05, 0.1) is 12.3 Å². The minimum Gasteiger partial charge on any atom is -0.393 e. The van der Waals surface area contributed by atoms with E-state index >= 15 is 0 Å². The van der Waals surface area contributed by atoms with Crippen LogP contribution in [0.2, 0.25) is 0 Å². The quantitative estimate of drug-likeness (QED) is 0.495. The lowest BCUT2D eigenvalue weighted by Crippen LogP contribution is -2.18. The van der Waals surface area contributed by atoms with E-state index in [4.69, 9.17) is 0 Å². The van der Waals surface area contributed by atoms with Crippen molar-refractivity contribution in [3.8, 4) is 0 Å². The average molecular weight is 184 g/mol. The number of hydrogen-bond donors (Lipinski definition) is 0. The predicted molar refractivity (Wildman–Crippen MR) is 47.9 cm³/mol. The van der Waals surface area contributed by atoms with Crippen LogP contribution in [0.25, 0.3) is 0 Å². The maximum atomic E-state index is 11.2. The molecule has 1 aliphatic rings. The lowest BCUT2D eigenvalue weighted by molar-refractivity contribution is -0.153. The van der Waals surface area contributed by atoms with Crippen molar-refractivity contribution >= 4 is 11.9 Å². The SMILES string of the molecule is CCC[C@@H](CC)[C@@H]1CC(=O)OC1=O. The summed E-state index contributed by atoms with van der Waals surface area (Å²) in [4.78, 5) is 22.1. The minimum atomic E-state index is -0.357. The molecule has 2 atom stereocenters. The fourth-order valence-electron chi connectivity index (χ4n) is 1.91. The van der Waals surface area contributed by atoms with Crippen molar-refractivity contribution in [2.45, 2.75) is 39.5 Å². The van der Waals surface area contributed by atoms with E-state index in [0.717, 1.165) is 19.3 Å². The lowest BCUT2D eigenvalue weighted by Gasteiger charge is -2.16. The molecule has 0 saturated carbocycles. The highest BCUT2D eigenvalue weighted by Gasteiger charge is 2.37. The molecule has 0 aromatic heterocycles. The van der Waals surface area contributed by atoms with Crippen LogP contribution in [0, 0.1) is 11.8 Å². The number of esters is 2. The second-order valence-electron chi connectivity index (χ2n) is 3.56. The number of carbonyl (C=O) groups is 2. The van der Waals surface area contributed by atoms with Crippen LogP contribution in [0.1, 0.15) is 39.5 Å². The molecule has 1 rings (SSSR count). The molecule has 74 valence electrons. The van der Waals surface area contributed by atoms with Gasteiger partial charge in [-0.25, -0.2) is 0 Å². The van der Waals surface area contributed by atoms with Crippen molar-refractivity contribution in [1.82, 2.24) is 0 Å². The average Bonchev–Trinajstić information content (AvgIpc) is 2.41. The second kappa shape index (κ2) is 4.40. The summed E-state index contributed by atoms with van der Waals surface area (Å²) >= 11 is 0. The summed E-state index contributed by atoms with van der Waals surface area (Å²) in [5.41, 5.74) is 0. The molecule has 3 heteroatoms. The Labute approximate surface area is 78.5 Å². The Morgan fingerprint density at radius 2 is 2.15 bits per heavy atom. The Bertz CT molecular complexity index is 210. The van der Waals surface area contributed by atoms with Gasteiger partial charge >= 0.3 is 11.9 Å². The topological polar surface area (TPSA) is 43.4 Å². The van der Waals surface area contributed by atoms with E-state index in [1.807, 2.05) is 0 Å². The Morgan fingerprint density at radius 3 is 2.54 bits per heavy atom. The molecule has 1 saturated heterocycles. The first kappa shape index (κ1) is 10.2. The second-order valence-corrected chi connectivity index (χ2v) is 3.56. The summed E-state index contributed by atoms with van der Waals surface area (Å²) in [5.74, 6) is -0.517. The maximum absolute atomic E-state index is 11.2. The first-order chi connectivity index (χ1) is 6.19. The van der Waals surface area contributed by atoms with E-state index in [1.165, 1.54) is 0 Å². The van der Waals surface area contributed by atoms with E-state index in [2.05, 4.69) is 18.6 Å². The Balaban J connectivity index is 2.58. The summed E-state index contributed by atoms with van der Waals surface area (Å²) in [6.45, 7) is 4.14. The molecule has 13 heavy (non-hydrogen) atoms. The van der Waals surface area contributed by atoms with Gasteiger partial charge in [-0.05, 0) is 12.3 Å². The predicted octanol–water partition coefficient (Wildman–Crippen LogP) is 1.90. The summed E-state index contributed by atoms with van der Waals surface area (Å²) in [6, 6.07) is 0. The molecule has 0 aromatic carbocycles. The van der Waals surface area contributed by atoms with Gasteiger partial charge in [0, 0.05) is 0 Å². The van der Waals surface area contributed by atoms with Gasteiger partial charge in [-0.15, -0.1) is 0 Å². The van der Waals surface area contributed by atoms with Crippen LogP contribution in [0.4, 0.5) is 0 Å². The number of rotatable bonds is 4. The molecule has 1 fully saturated rings. The summed E-state index contributed by atoms with van der Waals surface area (Å²) in [6.07, 6.45) is 3.29. The molecule has 0 amide bonds. The monoisotopic (exact) mass is 184 g/mol. The van der Waals surface area contributed by atoms with Gasteiger partial charge in [0.15, 0.2) is 0 Å². The molecule has 0 N–H and O–H groups in total. The van der Waals surface area contributed by atoms with Crippen LogP contribution < -0.4 is 0 Å². The van der Waals surface area contributed by atoms with Gasteiger partial charge in [-0.3, -0.25) is 9.59 Å². The van der Waals surface area contributed by atoms with E-state index in [9.17, 15) is 9.59 Å². The first-order valence-corrected chi connectivity index (χ1v) is 4.93. The third kappa shape index (κ3) is 2.29. The standard InChI is InChI=1S/C10H16O3/c1-3-5-7(4-2)8-6-9(11)13-10(8)12/h7-8H,3-6H2,1-2H3/t7-,8+/m1/s1. The first-order valence-electron chi connectivity index (χ1n) is 4.93. The summed E-state index contributed by atoms with van der Waals surface area (Å²) < 4.78 is 4.53. The molecule has 0 aliphatic carbocycles. The third-order valence-corrected chi connectivity index (χ3v) is 2.66. The summed E-state index contributed by atoms with van der Waals surface area (Å²) in [5, 5.41) is 0. The van der Waals surface area contributed by atoms with E-state index in [0.29, 0.717) is 5.92 Å². The molecule has 0 aromatic rings. The molecule has 1 aliphatic heterocycles. The van der Waals surface area contributed by atoms with E-state index in [-0.39, 0.29) is 24.3 Å². The van der Waals surface area contributed by atoms with Crippen LogP contribution in [-0.2, 0) is 14.3 Å². The highest BCUT2D eigenvalue weighted by molar-refractivity contribution is 5.94. The van der Waals surface area contributed by atoms with Gasteiger partial charge in [0.1, 0.15) is 0 Å². The van der Waals surface area contributed by atoms with Crippen molar-refractivity contribution in [1.29, 1.82) is 0 Å². The Kier molecular flexibility index (Phi) is 3.46. The van der Waals surface area contributed by atoms with Gasteiger partial charge in [0.2, 0.25) is 0 Å². The molecule has 0 radical (unpaired) electrons. The van der Waals surface area contributed by atoms with Gasteiger partial charge in [-0.1, -0.05) is 26.7 Å². The summed E-state index contributed by atoms with van der Waals surface area (Å²) in [7, 11) is 0. The molecule has 0 spiro atoms. The highest BCUT2D eigenvalue weighted by Crippen LogP contribution is 2.29. The third-order valence-electron chi connectivity index (χ3n) is 2.66. The van der Waals surface area contributed by atoms with E-state index < -0.39 is 0 Å². The normalized spacial score (nSPS) is 24.6. The molecule has 0 bridgehead atoms. The number of cyclic esters (lactones) is 2. The molecule has 3 nitrogen and oxygen atoms in total. The van der Waals surface area contributed by atoms with Crippen molar-refractivity contribution in [2.75, 3.05) is 0 Å².